The van der Waals surface area contributed by atoms with Gasteiger partial charge in [-0.15, -0.1) is 0 Å². The van der Waals surface area contributed by atoms with E-state index in [4.69, 9.17) is 9.97 Å². The van der Waals surface area contributed by atoms with Crippen LogP contribution in [0.1, 0.15) is 255 Å². The van der Waals surface area contributed by atoms with Crippen molar-refractivity contribution in [2.45, 2.75) is 271 Å². The lowest BCUT2D eigenvalue weighted by Gasteiger charge is -2.27. The lowest BCUT2D eigenvalue weighted by atomic mass is 9.79. The molecule has 0 unspecified atom stereocenters. The Labute approximate surface area is 830 Å². The van der Waals surface area contributed by atoms with E-state index in [1.165, 1.54) is 25.2 Å². The summed E-state index contributed by atoms with van der Waals surface area (Å²) >= 11 is 0. The van der Waals surface area contributed by atoms with Gasteiger partial charge in [0.25, 0.3) is 40.5 Å². The number of fused-ring (bicyclic) bond motifs is 8. The van der Waals surface area contributed by atoms with Crippen molar-refractivity contribution in [3.05, 3.63) is 195 Å². The number of anilines is 3. The van der Waals surface area contributed by atoms with Crippen LogP contribution in [0.4, 0.5) is 23.0 Å². The number of rotatable bonds is 53. The van der Waals surface area contributed by atoms with Crippen LogP contribution in [-0.4, -0.2) is 214 Å². The van der Waals surface area contributed by atoms with Crippen LogP contribution in [0.25, 0.3) is 21.5 Å². The first-order valence-corrected chi connectivity index (χ1v) is 55.9. The second-order valence-electron chi connectivity index (χ2n) is 38.0. The average Bonchev–Trinajstić information content (AvgIpc) is 1.56. The van der Waals surface area contributed by atoms with Crippen molar-refractivity contribution in [3.8, 4) is 0 Å². The number of carbonyl (C=O) groups is 6. The predicted molar refractivity (Wildman–Crippen MR) is 539 cm³/mol. The third-order valence-electron chi connectivity index (χ3n) is 26.8. The minimum absolute atomic E-state index is 0.00621. The van der Waals surface area contributed by atoms with E-state index in [1.807, 2.05) is 18.7 Å². The van der Waals surface area contributed by atoms with Gasteiger partial charge in [0, 0.05) is 160 Å². The van der Waals surface area contributed by atoms with Gasteiger partial charge in [-0.1, -0.05) is 88.8 Å². The molecule has 3 atom stereocenters. The molecule has 12 rings (SSSR count). The van der Waals surface area contributed by atoms with Gasteiger partial charge in [-0.25, -0.2) is 42.6 Å². The number of nitrogens with zero attached hydrogens (tertiary/aromatic N) is 9. The zero-order chi connectivity index (χ0) is 103. The maximum atomic E-state index is 15.1. The lowest BCUT2D eigenvalue weighted by Crippen LogP contribution is -2.46. The molecule has 8 heterocycles. The van der Waals surface area contributed by atoms with Crippen molar-refractivity contribution in [1.82, 2.24) is 55.5 Å². The maximum absolute atomic E-state index is 15.1. The quantitative estimate of drug-likeness (QED) is 0.00729. The molecule has 4 amide bonds. The highest BCUT2D eigenvalue weighted by atomic mass is 32.2. The van der Waals surface area contributed by atoms with Gasteiger partial charge in [-0.2, -0.15) is 38.2 Å². The van der Waals surface area contributed by atoms with E-state index in [-0.39, 0.29) is 136 Å². The first-order chi connectivity index (χ1) is 67.2. The third kappa shape index (κ3) is 29.2. The molecule has 0 spiro atoms. The summed E-state index contributed by atoms with van der Waals surface area (Å²) in [4.78, 5) is 107. The molecule has 0 saturated carbocycles. The lowest BCUT2D eigenvalue weighted by molar-refractivity contribution is -0.437. The zero-order valence-corrected chi connectivity index (χ0v) is 85.3. The second-order valence-corrected chi connectivity index (χ2v) is 46.0. The van der Waals surface area contributed by atoms with Crippen LogP contribution in [0.2, 0.25) is 0 Å². The number of carboxylic acid groups (broad SMARTS) is 2. The first kappa shape index (κ1) is 109. The van der Waals surface area contributed by atoms with Gasteiger partial charge in [-0.05, 0) is 234 Å². The van der Waals surface area contributed by atoms with Crippen LogP contribution in [0.15, 0.2) is 142 Å². The highest BCUT2D eigenvalue weighted by Crippen LogP contribution is 2.52. The SMILES string of the molecule is Cc1ncc([C@H](CCCCCCc2nc3c(cc2CNC(=O)[C@@H](CCCCNC(=O)CCC(=O)NCc2cc4c(nc2CCCCCC[C@@H](CC(=O)O)c2cnc(C)nc2)NCCC4)NC(=O)CCCN(C)S(=O)(=O)c2cccc4c5c(ccc24)N(CCCS(=O)(=O)O)\C(=C/C=C\C=C\C2=[N+](CCCS(=O)(=O)O)c4ccc6c(S(=O)(=O)O)cc(S(=O)(=O)O)cc6c4C2(C)C)C5(C)C)CCCN3)CC(=O)O)cn1. The minimum atomic E-state index is -5.09. The van der Waals surface area contributed by atoms with Crippen LogP contribution in [0.5, 0.6) is 0 Å². The van der Waals surface area contributed by atoms with Crippen LogP contribution in [0.3, 0.4) is 0 Å². The molecular weight excluding hydrogens is 1920 g/mol. The van der Waals surface area contributed by atoms with E-state index < -0.39 is 112 Å². The molecule has 4 aliphatic heterocycles. The van der Waals surface area contributed by atoms with Gasteiger partial charge in [0.1, 0.15) is 40.8 Å². The van der Waals surface area contributed by atoms with Crippen molar-refractivity contribution in [2.75, 3.05) is 73.4 Å². The fourth-order valence-corrected chi connectivity index (χ4v) is 23.3. The Bertz CT molecular complexity index is 6760. The van der Waals surface area contributed by atoms with Crippen LogP contribution < -0.4 is 36.8 Å². The van der Waals surface area contributed by atoms with Crippen molar-refractivity contribution < 1.29 is 104 Å². The summed E-state index contributed by atoms with van der Waals surface area (Å²) in [5.41, 5.74) is 8.10. The van der Waals surface area contributed by atoms with Gasteiger partial charge in [0.05, 0.1) is 39.6 Å². The molecule has 0 radical (unpaired) electrons. The molecule has 142 heavy (non-hydrogen) atoms. The number of allylic oxidation sites excluding steroid dienone is 6. The summed E-state index contributed by atoms with van der Waals surface area (Å²) < 4.78 is 172. The number of hydrogen-bond donors (Lipinski definition) is 12. The molecular formula is C100H130N15O22S5+. The van der Waals surface area contributed by atoms with Crippen LogP contribution in [-0.2, 0) is 129 Å². The third-order valence-corrected chi connectivity index (χ3v) is 32.0. The van der Waals surface area contributed by atoms with Gasteiger partial charge in [0.2, 0.25) is 39.3 Å². The number of amides is 4. The van der Waals surface area contributed by atoms with Crippen LogP contribution >= 0.6 is 0 Å². The number of pyridine rings is 2. The van der Waals surface area contributed by atoms with Crippen molar-refractivity contribution in [1.29, 1.82) is 0 Å². The van der Waals surface area contributed by atoms with Crippen molar-refractivity contribution in [3.63, 3.8) is 0 Å². The Morgan fingerprint density at radius 3 is 1.65 bits per heavy atom. The smallest absolute Gasteiger partial charge is 0.303 e. The maximum Gasteiger partial charge on any atom is 0.303 e. The minimum Gasteiger partial charge on any atom is -0.481 e. The normalized spacial score (nSPS) is 15.6. The number of carbonyl (C=O) groups excluding carboxylic acids is 4. The first-order valence-electron chi connectivity index (χ1n) is 48.3. The monoisotopic (exact) mass is 2050 g/mol. The summed E-state index contributed by atoms with van der Waals surface area (Å²) in [5, 5.41) is 39.0. The van der Waals surface area contributed by atoms with E-state index in [9.17, 15) is 90.9 Å². The van der Waals surface area contributed by atoms with E-state index >= 15 is 8.42 Å². The van der Waals surface area contributed by atoms with Gasteiger partial charge in [0.15, 0.2) is 5.71 Å². The van der Waals surface area contributed by atoms with Crippen LogP contribution in [0, 0.1) is 13.8 Å². The summed E-state index contributed by atoms with van der Waals surface area (Å²) in [5.74, 6) is -2.30. The van der Waals surface area contributed by atoms with Gasteiger partial charge < -0.3 is 47.0 Å². The summed E-state index contributed by atoms with van der Waals surface area (Å²) in [7, 11) is -22.0. The summed E-state index contributed by atoms with van der Waals surface area (Å²) in [6, 6.07) is 15.9. The largest absolute Gasteiger partial charge is 0.481 e. The average molecular weight is 2050 g/mol. The fourth-order valence-electron chi connectivity index (χ4n) is 19.5. The summed E-state index contributed by atoms with van der Waals surface area (Å²) in [6.45, 7) is 12.8. The number of sulfonamides is 1. The molecule has 37 nitrogen and oxygen atoms in total. The number of carboxylic acids is 2. The molecule has 4 aliphatic rings. The van der Waals surface area contributed by atoms with Gasteiger partial charge >= 0.3 is 11.9 Å². The summed E-state index contributed by atoms with van der Waals surface area (Å²) in [6.07, 6.45) is 28.3. The molecule has 4 aromatic heterocycles. The second kappa shape index (κ2) is 48.3. The highest BCUT2D eigenvalue weighted by molar-refractivity contribution is 7.89. The molecule has 42 heteroatoms. The van der Waals surface area contributed by atoms with E-state index in [2.05, 4.69) is 64.0 Å². The molecule has 0 saturated heterocycles. The number of unbranched alkanes of at least 4 members (excludes halogenated alkanes) is 7. The topological polar surface area (TPSA) is 554 Å². The molecule has 4 aromatic carbocycles. The number of nitrogens with one attached hydrogen (secondary N) is 6. The zero-order valence-electron chi connectivity index (χ0n) is 81.2. The highest BCUT2D eigenvalue weighted by Gasteiger charge is 2.47. The Morgan fingerprint density at radius 1 is 0.542 bits per heavy atom. The molecule has 12 N–H and O–H groups in total. The Morgan fingerprint density at radius 2 is 1.08 bits per heavy atom. The number of aryl methyl sites for hydroxylation is 6. The van der Waals surface area contributed by atoms with Gasteiger partial charge in [-0.3, -0.25) is 47.0 Å². The van der Waals surface area contributed by atoms with E-state index in [1.54, 1.807) is 112 Å². The number of aliphatic carboxylic acids is 2. The van der Waals surface area contributed by atoms with E-state index in [0.717, 1.165) is 157 Å². The Balaban J connectivity index is 0.705. The molecule has 766 valence electrons. The van der Waals surface area contributed by atoms with Crippen molar-refractivity contribution in [2.24, 2.45) is 0 Å². The Kier molecular flexibility index (Phi) is 37.2. The van der Waals surface area contributed by atoms with Crippen molar-refractivity contribution >= 4 is 136 Å². The molecule has 0 aliphatic carbocycles. The van der Waals surface area contributed by atoms with E-state index in [0.29, 0.717) is 101 Å². The molecule has 0 fully saturated rings. The Hall–Kier alpha value is -11.5. The molecule has 0 bridgehead atoms. The fraction of sp³-hybridized carbons (Fsp3) is 0.490. The number of aromatic nitrogens is 6. The predicted octanol–water partition coefficient (Wildman–Crippen LogP) is 13.0. The molecule has 8 aromatic rings. The number of hydrogen-bond acceptors (Lipinski definition) is 25. The number of benzene rings is 4. The standard InChI is InChI=1S/C100H129N15O22S5/c1-65-104-61-73(62-105-65)67(55-92(119)120)27-13-8-10-15-32-80-71(53-69-29-22-46-102-96(69)111-80)59-108-90(117)44-43-89(116)101-45-20-19-34-82(98(123)109-60-72-54-70-30-23-47-103-97(70)112-81(72)33-16-11-9-14-28-68(56-93(121)122)74-63-106-66(2)107-64-74)110-91(118)38-24-48-113(7)140(130,131)85-35-21-31-78-76(85)39-41-83-94(78)99(3,4)87(114(83)49-25-51-138(124,125)126)36-17-12-18-37-88-100(5,6)95-79-57-75(141(132,133)134)58-86(142(135,136)137)77(79)40-42-84(95)115(88)50-26-52-139(127,128)129/h12,17-18,21,31,35-37,39-42,53-54,57-58,61-64,67-68,82H,8-11,13-16,19-20,22-30,32-34,38,43-52,55-56,59-60H2,1-7H3,(H11-,101,102,103,108,109,110,111,112,116,117,118,119,120,121,122,123,124,125,126,127,128,129,132,133,134,135,136,137)/p+1/t67-,68+,82+/m0/s1.